The summed E-state index contributed by atoms with van der Waals surface area (Å²) < 4.78 is 0.881. The third-order valence-corrected chi connectivity index (χ3v) is 8.30. The number of halogens is 4. The van der Waals surface area contributed by atoms with Crippen LogP contribution in [0.5, 0.6) is 0 Å². The van der Waals surface area contributed by atoms with E-state index in [0.29, 0.717) is 5.13 Å². The van der Waals surface area contributed by atoms with Crippen molar-refractivity contribution in [2.45, 2.75) is 12.5 Å². The van der Waals surface area contributed by atoms with Gasteiger partial charge in [0.05, 0.1) is 41.4 Å². The number of benzene rings is 3. The van der Waals surface area contributed by atoms with Crippen molar-refractivity contribution >= 4 is 90.8 Å². The Balaban J connectivity index is 1.55. The van der Waals surface area contributed by atoms with Crippen LogP contribution >= 0.6 is 57.7 Å². The van der Waals surface area contributed by atoms with E-state index in [9.17, 15) is 14.4 Å². The van der Waals surface area contributed by atoms with Gasteiger partial charge in [0.1, 0.15) is 6.04 Å². The molecule has 0 bridgehead atoms. The summed E-state index contributed by atoms with van der Waals surface area (Å²) in [6, 6.07) is 15.2. The van der Waals surface area contributed by atoms with E-state index in [4.69, 9.17) is 46.4 Å². The number of nitrogens with one attached hydrogen (secondary N) is 1. The normalized spacial score (nSPS) is 13.9. The molecule has 1 aliphatic rings. The molecular formula is C24H13Cl4N3O3S. The minimum atomic E-state index is -1.22. The van der Waals surface area contributed by atoms with Gasteiger partial charge in [0.15, 0.2) is 5.13 Å². The summed E-state index contributed by atoms with van der Waals surface area (Å²) in [4.78, 5) is 45.7. The fraction of sp³-hybridized carbons (Fsp3) is 0.0833. The number of amides is 3. The van der Waals surface area contributed by atoms with Crippen LogP contribution in [0.4, 0.5) is 5.13 Å². The fourth-order valence-corrected chi connectivity index (χ4v) is 5.79. The smallest absolute Gasteiger partial charge is 0.263 e. The molecule has 1 aliphatic heterocycles. The maximum Gasteiger partial charge on any atom is 0.263 e. The number of fused-ring (bicyclic) bond motifs is 2. The van der Waals surface area contributed by atoms with Gasteiger partial charge in [0.25, 0.3) is 11.8 Å². The molecule has 0 saturated carbocycles. The van der Waals surface area contributed by atoms with E-state index < -0.39 is 23.8 Å². The first-order valence-corrected chi connectivity index (χ1v) is 12.5. The van der Waals surface area contributed by atoms with E-state index in [1.807, 2.05) is 30.3 Å². The predicted octanol–water partition coefficient (Wildman–Crippen LogP) is 6.76. The van der Waals surface area contributed by atoms with Gasteiger partial charge in [-0.25, -0.2) is 4.98 Å². The van der Waals surface area contributed by atoms with Crippen molar-refractivity contribution in [2.24, 2.45) is 0 Å². The monoisotopic (exact) mass is 563 g/mol. The molecule has 4 aromatic rings. The summed E-state index contributed by atoms with van der Waals surface area (Å²) in [6.07, 6.45) is 0.0553. The number of rotatable bonds is 5. The summed E-state index contributed by atoms with van der Waals surface area (Å²) in [5, 5.41) is 2.43. The van der Waals surface area contributed by atoms with E-state index in [0.717, 1.165) is 20.7 Å². The molecule has 3 aromatic carbocycles. The second-order valence-corrected chi connectivity index (χ2v) is 10.2. The van der Waals surface area contributed by atoms with Crippen LogP contribution in [0.2, 0.25) is 20.1 Å². The predicted molar refractivity (Wildman–Crippen MR) is 139 cm³/mol. The molecule has 6 nitrogen and oxygen atoms in total. The van der Waals surface area contributed by atoms with Gasteiger partial charge in [-0.1, -0.05) is 100 Å². The van der Waals surface area contributed by atoms with E-state index >= 15 is 0 Å². The Kier molecular flexibility index (Phi) is 6.46. The largest absolute Gasteiger partial charge is 0.300 e. The highest BCUT2D eigenvalue weighted by Gasteiger charge is 2.46. The Morgan fingerprint density at radius 1 is 0.857 bits per heavy atom. The van der Waals surface area contributed by atoms with Crippen molar-refractivity contribution < 1.29 is 14.4 Å². The van der Waals surface area contributed by atoms with Crippen molar-refractivity contribution in [1.82, 2.24) is 9.88 Å². The average Bonchev–Trinajstić information content (AvgIpc) is 3.37. The van der Waals surface area contributed by atoms with E-state index in [1.165, 1.54) is 11.3 Å². The lowest BCUT2D eigenvalue weighted by Gasteiger charge is -2.25. The molecule has 1 aromatic heterocycles. The summed E-state index contributed by atoms with van der Waals surface area (Å²) in [5.41, 5.74) is 1.10. The van der Waals surface area contributed by atoms with E-state index in [1.54, 1.807) is 24.3 Å². The van der Waals surface area contributed by atoms with Gasteiger partial charge in [0, 0.05) is 6.42 Å². The number of nitrogens with zero attached hydrogens (tertiary/aromatic N) is 2. The van der Waals surface area contributed by atoms with Crippen LogP contribution in [0.3, 0.4) is 0 Å². The maximum absolute atomic E-state index is 13.5. The standard InChI is InChI=1S/C24H13Cl4N3O3S/c25-17-15-16(18(26)20(28)19(17)27)23(34)31(22(15)33)13(10-11-6-2-1-3-7-11)21(32)30-24-29-12-8-4-5-9-14(12)35-24/h1-9,13H,10H2,(H,29,30,32)/t13-/m0/s1. The molecule has 0 radical (unpaired) electrons. The van der Waals surface area contributed by atoms with Gasteiger partial charge in [-0.2, -0.15) is 0 Å². The summed E-state index contributed by atoms with van der Waals surface area (Å²) in [5.74, 6) is -2.15. The molecule has 1 N–H and O–H groups in total. The molecular weight excluding hydrogens is 552 g/mol. The number of anilines is 1. The van der Waals surface area contributed by atoms with Gasteiger partial charge in [-0.3, -0.25) is 19.3 Å². The third-order valence-electron chi connectivity index (χ3n) is 5.54. The Morgan fingerprint density at radius 3 is 2.03 bits per heavy atom. The lowest BCUT2D eigenvalue weighted by atomic mass is 10.0. The molecule has 0 spiro atoms. The average molecular weight is 565 g/mol. The van der Waals surface area contributed by atoms with Gasteiger partial charge in [-0.05, 0) is 17.7 Å². The first-order chi connectivity index (χ1) is 16.8. The molecule has 2 heterocycles. The van der Waals surface area contributed by atoms with Gasteiger partial charge < -0.3 is 5.32 Å². The molecule has 0 saturated heterocycles. The topological polar surface area (TPSA) is 79.4 Å². The van der Waals surface area contributed by atoms with Crippen LogP contribution < -0.4 is 5.32 Å². The lowest BCUT2D eigenvalue weighted by molar-refractivity contribution is -0.119. The zero-order valence-corrected chi connectivity index (χ0v) is 21.4. The number of thiazole rings is 1. The highest BCUT2D eigenvalue weighted by atomic mass is 35.5. The quantitative estimate of drug-likeness (QED) is 0.165. The number of imide groups is 1. The van der Waals surface area contributed by atoms with E-state index in [2.05, 4.69) is 10.3 Å². The van der Waals surface area contributed by atoms with Crippen LogP contribution in [0, 0.1) is 0 Å². The van der Waals surface area contributed by atoms with Crippen LogP contribution in [-0.4, -0.2) is 33.6 Å². The SMILES string of the molecule is O=C(Nc1nc2ccccc2s1)[C@H](Cc1ccccc1)N1C(=O)c2c(Cl)c(Cl)c(Cl)c(Cl)c2C1=O. The second-order valence-electron chi connectivity index (χ2n) is 7.67. The molecule has 3 amide bonds. The van der Waals surface area contributed by atoms with Gasteiger partial charge in [-0.15, -0.1) is 0 Å². The Morgan fingerprint density at radius 2 is 1.43 bits per heavy atom. The van der Waals surface area contributed by atoms with Gasteiger partial charge >= 0.3 is 0 Å². The summed E-state index contributed by atoms with van der Waals surface area (Å²) >= 11 is 26.1. The van der Waals surface area contributed by atoms with Crippen LogP contribution in [-0.2, 0) is 11.2 Å². The molecule has 1 atom stereocenters. The van der Waals surface area contributed by atoms with E-state index in [-0.39, 0.29) is 37.6 Å². The van der Waals surface area contributed by atoms with Crippen molar-refractivity contribution in [3.63, 3.8) is 0 Å². The Labute approximate surface area is 223 Å². The van der Waals surface area contributed by atoms with Crippen LogP contribution in [0.1, 0.15) is 26.3 Å². The number of carbonyl (C=O) groups is 3. The molecule has 0 aliphatic carbocycles. The molecule has 5 rings (SSSR count). The number of para-hydroxylation sites is 1. The highest BCUT2D eigenvalue weighted by Crippen LogP contribution is 2.45. The first-order valence-electron chi connectivity index (χ1n) is 10.2. The molecule has 176 valence electrons. The minimum absolute atomic E-state index is 0.0553. The lowest BCUT2D eigenvalue weighted by Crippen LogP contribution is -2.48. The highest BCUT2D eigenvalue weighted by molar-refractivity contribution is 7.22. The zero-order valence-electron chi connectivity index (χ0n) is 17.5. The number of hydrogen-bond acceptors (Lipinski definition) is 5. The Hall–Kier alpha value is -2.68. The maximum atomic E-state index is 13.5. The zero-order chi connectivity index (χ0) is 24.9. The van der Waals surface area contributed by atoms with Crippen molar-refractivity contribution in [1.29, 1.82) is 0 Å². The fourth-order valence-electron chi connectivity index (χ4n) is 3.90. The molecule has 0 fully saturated rings. The summed E-state index contributed by atoms with van der Waals surface area (Å²) in [6.45, 7) is 0. The van der Waals surface area contributed by atoms with Crippen LogP contribution in [0.25, 0.3) is 10.2 Å². The summed E-state index contributed by atoms with van der Waals surface area (Å²) in [7, 11) is 0. The van der Waals surface area contributed by atoms with Crippen molar-refractivity contribution in [3.05, 3.63) is 91.4 Å². The number of carbonyl (C=O) groups excluding carboxylic acids is 3. The Bertz CT molecular complexity index is 1440. The van der Waals surface area contributed by atoms with Crippen molar-refractivity contribution in [3.8, 4) is 0 Å². The van der Waals surface area contributed by atoms with Gasteiger partial charge in [0.2, 0.25) is 5.91 Å². The number of hydrogen-bond donors (Lipinski definition) is 1. The first kappa shape index (κ1) is 24.0. The molecule has 35 heavy (non-hydrogen) atoms. The molecule has 11 heteroatoms. The third kappa shape index (κ3) is 4.17. The van der Waals surface area contributed by atoms with Crippen LogP contribution in [0.15, 0.2) is 54.6 Å². The number of aromatic nitrogens is 1. The minimum Gasteiger partial charge on any atom is -0.300 e. The molecule has 0 unspecified atom stereocenters. The van der Waals surface area contributed by atoms with Crippen molar-refractivity contribution in [2.75, 3.05) is 5.32 Å². The second kappa shape index (κ2) is 9.41.